The van der Waals surface area contributed by atoms with Gasteiger partial charge in [-0.05, 0) is 415 Å². The molecule has 0 spiro atoms. The van der Waals surface area contributed by atoms with Crippen LogP contribution in [-0.2, 0) is 110 Å². The molecule has 24 rings (SSSR count). The molecule has 0 aromatic carbocycles. The van der Waals surface area contributed by atoms with E-state index in [1.165, 1.54) is 103 Å². The number of ether oxygens (including phenoxy) is 12. The van der Waals surface area contributed by atoms with Crippen LogP contribution < -0.4 is 0 Å². The molecular formula is C120H216O24. The molecule has 0 radical (unpaired) electrons. The molecule has 22 bridgehead atoms. The molecule has 24 aliphatic rings. The molecule has 144 heavy (non-hydrogen) atoms. The van der Waals surface area contributed by atoms with Crippen molar-refractivity contribution in [1.82, 2.24) is 0 Å². The lowest BCUT2D eigenvalue weighted by molar-refractivity contribution is -0.225. The van der Waals surface area contributed by atoms with Crippen molar-refractivity contribution in [3.63, 3.8) is 0 Å². The first-order chi connectivity index (χ1) is 62.0. The largest absolute Gasteiger partial charge is 0.463 e. The molecule has 2 aliphatic heterocycles. The van der Waals surface area contributed by atoms with Crippen molar-refractivity contribution >= 4 is 65.7 Å². The molecule has 840 valence electrons. The molecule has 22 saturated carbocycles. The van der Waals surface area contributed by atoms with Crippen LogP contribution in [-0.4, -0.2) is 151 Å². The van der Waals surface area contributed by atoms with Gasteiger partial charge in [-0.3, -0.25) is 38.4 Å². The number of hydrogen-bond acceptors (Lipinski definition) is 24. The van der Waals surface area contributed by atoms with Gasteiger partial charge in [0.2, 0.25) is 6.10 Å². The third-order valence-electron chi connectivity index (χ3n) is 38.7. The van der Waals surface area contributed by atoms with Gasteiger partial charge < -0.3 is 61.9 Å². The third kappa shape index (κ3) is 28.3. The molecular weight excluding hydrogens is 1830 g/mol. The summed E-state index contributed by atoms with van der Waals surface area (Å²) in [5, 5.41) is 10.6. The number of cyclic esters (lactones) is 1. The Morgan fingerprint density at radius 3 is 1.19 bits per heavy atom. The van der Waals surface area contributed by atoms with Gasteiger partial charge in [-0.2, -0.15) is 0 Å². The fourth-order valence-corrected chi connectivity index (χ4v) is 29.3. The monoisotopic (exact) mass is 2040 g/mol. The zero-order valence-electron chi connectivity index (χ0n) is 84.3. The van der Waals surface area contributed by atoms with E-state index in [1.807, 2.05) is 90.0 Å². The van der Waals surface area contributed by atoms with Crippen LogP contribution >= 0.6 is 0 Å². The molecule has 24 nitrogen and oxygen atoms in total. The second-order valence-corrected chi connectivity index (χ2v) is 50.1. The van der Waals surface area contributed by atoms with E-state index < -0.39 is 56.7 Å². The number of fused-ring (bicyclic) bond motifs is 1. The first-order valence-electron chi connectivity index (χ1n) is 52.5. The summed E-state index contributed by atoms with van der Waals surface area (Å²) in [6.45, 7) is 39.5. The van der Waals surface area contributed by atoms with Crippen LogP contribution in [0.4, 0.5) is 0 Å². The Labute approximate surface area is 876 Å². The Hall–Kier alpha value is -5.91. The average molecular weight is 2040 g/mol. The number of esters is 11. The first kappa shape index (κ1) is 134. The molecule has 2 heterocycles. The molecule has 10 atom stereocenters. The summed E-state index contributed by atoms with van der Waals surface area (Å²) in [5.41, 5.74) is -4.65. The van der Waals surface area contributed by atoms with Crippen molar-refractivity contribution in [3.8, 4) is 0 Å². The first-order valence-corrected chi connectivity index (χ1v) is 52.5. The van der Waals surface area contributed by atoms with Crippen LogP contribution in [0.5, 0.6) is 0 Å². The van der Waals surface area contributed by atoms with E-state index in [1.54, 1.807) is 27.7 Å². The van der Waals surface area contributed by atoms with Crippen LogP contribution in [0.1, 0.15) is 459 Å². The van der Waals surface area contributed by atoms with Crippen molar-refractivity contribution in [2.24, 2.45) is 162 Å². The van der Waals surface area contributed by atoms with Gasteiger partial charge in [-0.1, -0.05) is 138 Å². The van der Waals surface area contributed by atoms with E-state index in [2.05, 4.69) is 20.8 Å². The van der Waals surface area contributed by atoms with Crippen molar-refractivity contribution in [2.45, 2.75) is 506 Å². The van der Waals surface area contributed by atoms with Crippen LogP contribution in [0.3, 0.4) is 0 Å². The highest BCUT2D eigenvalue weighted by Gasteiger charge is 2.67. The maximum absolute atomic E-state index is 13.3. The van der Waals surface area contributed by atoms with Gasteiger partial charge in [0.15, 0.2) is 20.0 Å². The van der Waals surface area contributed by atoms with Crippen molar-refractivity contribution < 1.29 is 115 Å². The molecule has 1 N–H and O–H groups in total. The lowest BCUT2D eigenvalue weighted by Gasteiger charge is -2.60. The van der Waals surface area contributed by atoms with Crippen LogP contribution in [0.15, 0.2) is 0 Å². The second kappa shape index (κ2) is 51.9. The molecule has 24 fully saturated rings. The predicted molar refractivity (Wildman–Crippen MR) is 572 cm³/mol. The van der Waals surface area contributed by atoms with Crippen LogP contribution in [0.25, 0.3) is 0 Å². The molecule has 0 aromatic heterocycles. The fraction of sp³-hybridized carbons (Fsp3) is 0.908. The Kier molecular flexibility index (Phi) is 48.4. The molecule has 22 aliphatic carbocycles. The summed E-state index contributed by atoms with van der Waals surface area (Å²) < 4.78 is 66.8. The number of carbonyl (C=O) groups excluding carboxylic acids is 11. The van der Waals surface area contributed by atoms with Gasteiger partial charge in [0.05, 0.1) is 62.6 Å². The van der Waals surface area contributed by atoms with Crippen LogP contribution in [0, 0.1) is 162 Å². The van der Waals surface area contributed by atoms with Gasteiger partial charge in [-0.15, -0.1) is 0 Å². The van der Waals surface area contributed by atoms with E-state index in [-0.39, 0.29) is 221 Å². The van der Waals surface area contributed by atoms with E-state index in [0.29, 0.717) is 97.9 Å². The zero-order chi connectivity index (χ0) is 95.8. The fourth-order valence-electron chi connectivity index (χ4n) is 29.3. The predicted octanol–water partition coefficient (Wildman–Crippen LogP) is 27.5. The highest BCUT2D eigenvalue weighted by molar-refractivity contribution is 5.84. The number of carbonyl (C=O) groups is 11. The number of hydrogen-bond donors (Lipinski definition) is 1. The Morgan fingerprint density at radius 1 is 0.375 bits per heavy atom. The minimum Gasteiger partial charge on any atom is -0.463 e. The summed E-state index contributed by atoms with van der Waals surface area (Å²) in [7, 11) is 0. The molecule has 2 saturated heterocycles. The normalized spacial score (nSPS) is 36.4. The zero-order valence-corrected chi connectivity index (χ0v) is 84.3. The van der Waals surface area contributed by atoms with E-state index in [9.17, 15) is 57.8 Å². The smallest absolute Gasteiger partial charge is 0.347 e. The Bertz CT molecular complexity index is 4070. The summed E-state index contributed by atoms with van der Waals surface area (Å²) in [6, 6.07) is 0. The summed E-state index contributed by atoms with van der Waals surface area (Å²) in [6.07, 6.45) is 36.4. The molecule has 24 heteroatoms. The lowest BCUT2D eigenvalue weighted by Crippen LogP contribution is -2.61. The number of rotatable bonds is 28. The summed E-state index contributed by atoms with van der Waals surface area (Å²) >= 11 is 0. The number of aliphatic hydroxyl groups is 1. The van der Waals surface area contributed by atoms with Gasteiger partial charge in [0.1, 0.15) is 35.1 Å². The summed E-state index contributed by atoms with van der Waals surface area (Å²) in [4.78, 5) is 133. The van der Waals surface area contributed by atoms with E-state index >= 15 is 0 Å². The minimum absolute atomic E-state index is 0. The maximum atomic E-state index is 13.3. The Morgan fingerprint density at radius 2 is 0.771 bits per heavy atom. The molecule has 0 amide bonds. The topological polar surface area (TPSA) is 319 Å². The highest BCUT2D eigenvalue weighted by atomic mass is 16.7. The standard InChI is InChI=1S/C29H44O5.C19H30O4.C18H30O2.C16H22O6.C16H26O3.C10H16O4.12CH4/c1-4-28(2,3)26(30)34-25-22-10-19-11-23(25)14-29(12-19,13-22)27(31)33-16-32-15-24-20-6-17-5-18(8-20)9-21(24)7-17;1-5-18(2,3)17(21)22-11-16(20)23-19(4)14-7-12-6-13(9-14)10-15(19)8-12;1-5-17(3,4)16(19)20-18(6-2)14-8-12-7-13(10-14)11-15(18)9-12;1-4-16(2,3)15(19)20-7-11(17)21-12-8-5-9-10(6-8)14(18)22-13(9)12;1-4-14(2,3)13(17)19-16-8-11-5-12(9-16)7-15(18,6-11)10-16;1-4-10(2,3)9(12)14-7-5-6-13-8(7)11;;;;;;;;;;;;/h17-25H,4-16H2,1-3H3;12-15H,5-11H2,1-4H3;12-15H,5-11H2,1-4H3;8-10,12-13H,4-7H2,1-3H3;11-12,18H,4-10H2,1-3H3;7H,4-6H2,1-3H3;12*1H4. The quantitative estimate of drug-likeness (QED) is 0.0329. The third-order valence-corrected chi connectivity index (χ3v) is 38.7. The average Bonchev–Trinajstić information content (AvgIpc) is 1.39. The minimum atomic E-state index is -0.687. The molecule has 10 unspecified atom stereocenters. The van der Waals surface area contributed by atoms with Gasteiger partial charge >= 0.3 is 65.7 Å². The second-order valence-electron chi connectivity index (χ2n) is 50.1. The maximum Gasteiger partial charge on any atom is 0.347 e. The lowest BCUT2D eigenvalue weighted by atomic mass is 9.48. The van der Waals surface area contributed by atoms with Crippen molar-refractivity contribution in [1.29, 1.82) is 0 Å². The van der Waals surface area contributed by atoms with Gasteiger partial charge in [0.25, 0.3) is 0 Å². The van der Waals surface area contributed by atoms with E-state index in [0.717, 1.165) is 150 Å². The van der Waals surface area contributed by atoms with Crippen LogP contribution in [0.2, 0.25) is 0 Å². The highest BCUT2D eigenvalue weighted by Crippen LogP contribution is 2.66. The van der Waals surface area contributed by atoms with Gasteiger partial charge in [0, 0.05) is 24.7 Å². The SMILES string of the molecule is C.C.C.C.C.C.C.C.C.C.C.C.CCC(C)(C)C(=O)OC1(CC)C2CC3CC(C2)CC1C3.CCC(C)(C)C(=O)OC12CC3CC(CC(O)(C3)C1)C2.CCC(C)(C)C(=O)OC1C2CC3CC1CC(C(=O)OCOCC1C4CC5CC(C4)CC1C5)(C3)C2.CCC(C)(C)C(=O)OC1CCOC1=O.CCC(C)(C)C(=O)OCC(=O)OC1(C)C2CC3CC(C2)CC1C3.CCC(C)(C)C(=O)OCC(=O)OC1C2CC3C(=O)OC1C3C2. The summed E-state index contributed by atoms with van der Waals surface area (Å²) in [5.74, 6) is 9.95. The Balaban J connectivity index is 0.000000585. The molecule has 0 aromatic rings. The van der Waals surface area contributed by atoms with Crippen molar-refractivity contribution in [3.05, 3.63) is 0 Å². The van der Waals surface area contributed by atoms with E-state index in [4.69, 9.17) is 56.8 Å². The van der Waals surface area contributed by atoms with Crippen molar-refractivity contribution in [2.75, 3.05) is 33.2 Å². The van der Waals surface area contributed by atoms with Gasteiger partial charge in [-0.25, -0.2) is 14.4 Å².